The Balaban J connectivity index is 1.59. The van der Waals surface area contributed by atoms with Crippen molar-refractivity contribution in [2.45, 2.75) is 6.10 Å². The summed E-state index contributed by atoms with van der Waals surface area (Å²) < 4.78 is 11.3. The molecule has 6 nitrogen and oxygen atoms in total. The number of aromatic nitrogens is 2. The Morgan fingerprint density at radius 1 is 1.16 bits per heavy atom. The number of nitrogens with two attached hydrogens (primary N) is 1. The van der Waals surface area contributed by atoms with Gasteiger partial charge in [-0.25, -0.2) is 4.98 Å². The Hall–Kier alpha value is -2.86. The summed E-state index contributed by atoms with van der Waals surface area (Å²) in [6.45, 7) is 2.08. The van der Waals surface area contributed by atoms with E-state index in [1.807, 2.05) is 12.1 Å². The molecule has 1 aliphatic heterocycles. The molecule has 1 aliphatic rings. The number of anilines is 2. The van der Waals surface area contributed by atoms with E-state index in [0.717, 1.165) is 23.2 Å². The first kappa shape index (κ1) is 15.7. The van der Waals surface area contributed by atoms with Crippen molar-refractivity contribution in [1.29, 1.82) is 0 Å². The van der Waals surface area contributed by atoms with Crippen LogP contribution in [0.15, 0.2) is 48.7 Å². The average molecular weight is 336 g/mol. The summed E-state index contributed by atoms with van der Waals surface area (Å²) in [5.74, 6) is 1.99. The fourth-order valence-electron chi connectivity index (χ4n) is 3.12. The quantitative estimate of drug-likeness (QED) is 0.793. The lowest BCUT2D eigenvalue weighted by atomic mass is 10.0. The molecule has 2 N–H and O–H groups in total. The number of benzene rings is 2. The molecule has 0 bridgehead atoms. The van der Waals surface area contributed by atoms with Gasteiger partial charge in [0.25, 0.3) is 0 Å². The normalized spacial score (nSPS) is 17.6. The van der Waals surface area contributed by atoms with Gasteiger partial charge in [-0.3, -0.25) is 0 Å². The lowest BCUT2D eigenvalue weighted by molar-refractivity contribution is 0.0393. The van der Waals surface area contributed by atoms with Gasteiger partial charge in [-0.1, -0.05) is 18.2 Å². The second kappa shape index (κ2) is 6.57. The van der Waals surface area contributed by atoms with Gasteiger partial charge in [0.05, 0.1) is 20.3 Å². The summed E-state index contributed by atoms with van der Waals surface area (Å²) in [5.41, 5.74) is 6.92. The minimum absolute atomic E-state index is 0.0229. The van der Waals surface area contributed by atoms with E-state index in [-0.39, 0.29) is 6.10 Å². The molecule has 6 heteroatoms. The van der Waals surface area contributed by atoms with Crippen LogP contribution in [0.1, 0.15) is 11.7 Å². The zero-order valence-electron chi connectivity index (χ0n) is 14.1. The number of nitrogen functional groups attached to an aromatic ring is 1. The molecule has 3 aromatic rings. The molecule has 0 aliphatic carbocycles. The maximum atomic E-state index is 5.99. The molecule has 0 radical (unpaired) electrons. The number of morpholine rings is 1. The summed E-state index contributed by atoms with van der Waals surface area (Å²) in [6, 6.07) is 14.2. The van der Waals surface area contributed by atoms with Crippen LogP contribution in [0.3, 0.4) is 0 Å². The summed E-state index contributed by atoms with van der Waals surface area (Å²) in [6.07, 6.45) is 1.66. The number of fused-ring (bicyclic) bond motifs is 1. The molecule has 4 rings (SSSR count). The number of nitrogens with zero attached hydrogens (tertiary/aromatic N) is 3. The third-order valence-corrected chi connectivity index (χ3v) is 4.46. The predicted octanol–water partition coefficient (Wildman–Crippen LogP) is 2.80. The van der Waals surface area contributed by atoms with E-state index in [2.05, 4.69) is 39.1 Å². The Morgan fingerprint density at radius 2 is 2.00 bits per heavy atom. The molecular formula is C19H20N4O2. The standard InChI is InChI=1S/C19H20N4O2/c1-24-16-5-4-13-10-15(3-2-14(13)11-16)17-12-23(8-9-25-17)19-21-7-6-18(20)22-19/h2-7,10-11,17H,8-9,12H2,1H3,(H2,20,21,22). The molecule has 0 saturated carbocycles. The van der Waals surface area contributed by atoms with Gasteiger partial charge in [-0.2, -0.15) is 4.98 Å². The van der Waals surface area contributed by atoms with Crippen LogP contribution in [-0.2, 0) is 4.74 Å². The summed E-state index contributed by atoms with van der Waals surface area (Å²) in [7, 11) is 1.68. The van der Waals surface area contributed by atoms with E-state index >= 15 is 0 Å². The summed E-state index contributed by atoms with van der Waals surface area (Å²) in [5, 5.41) is 2.31. The first-order valence-corrected chi connectivity index (χ1v) is 8.26. The fourth-order valence-corrected chi connectivity index (χ4v) is 3.12. The highest BCUT2D eigenvalue weighted by Crippen LogP contribution is 2.28. The Morgan fingerprint density at radius 3 is 2.84 bits per heavy atom. The second-order valence-corrected chi connectivity index (χ2v) is 6.06. The van der Waals surface area contributed by atoms with Gasteiger partial charge in [0, 0.05) is 12.7 Å². The van der Waals surface area contributed by atoms with Crippen molar-refractivity contribution < 1.29 is 9.47 Å². The molecular weight excluding hydrogens is 316 g/mol. The van der Waals surface area contributed by atoms with Crippen LogP contribution >= 0.6 is 0 Å². The molecule has 2 aromatic carbocycles. The topological polar surface area (TPSA) is 73.5 Å². The Labute approximate surface area is 146 Å². The van der Waals surface area contributed by atoms with Gasteiger partial charge in [-0.15, -0.1) is 0 Å². The van der Waals surface area contributed by atoms with Gasteiger partial charge in [-0.05, 0) is 40.6 Å². The molecule has 1 saturated heterocycles. The highest BCUT2D eigenvalue weighted by atomic mass is 16.5. The van der Waals surface area contributed by atoms with Crippen molar-refractivity contribution in [2.24, 2.45) is 0 Å². The van der Waals surface area contributed by atoms with E-state index in [0.29, 0.717) is 24.9 Å². The number of rotatable bonds is 3. The van der Waals surface area contributed by atoms with Crippen molar-refractivity contribution in [3.05, 3.63) is 54.2 Å². The van der Waals surface area contributed by atoms with Crippen LogP contribution < -0.4 is 15.4 Å². The van der Waals surface area contributed by atoms with Gasteiger partial charge in [0.2, 0.25) is 5.95 Å². The highest BCUT2D eigenvalue weighted by Gasteiger charge is 2.24. The largest absolute Gasteiger partial charge is 0.497 e. The minimum atomic E-state index is -0.0229. The van der Waals surface area contributed by atoms with Crippen molar-refractivity contribution in [3.8, 4) is 5.75 Å². The number of methoxy groups -OCH3 is 1. The van der Waals surface area contributed by atoms with E-state index < -0.39 is 0 Å². The molecule has 128 valence electrons. The molecule has 1 aromatic heterocycles. The molecule has 1 atom stereocenters. The first-order valence-electron chi connectivity index (χ1n) is 8.26. The molecule has 25 heavy (non-hydrogen) atoms. The van der Waals surface area contributed by atoms with Crippen molar-refractivity contribution in [2.75, 3.05) is 37.4 Å². The van der Waals surface area contributed by atoms with Gasteiger partial charge < -0.3 is 20.1 Å². The van der Waals surface area contributed by atoms with E-state index in [4.69, 9.17) is 15.2 Å². The summed E-state index contributed by atoms with van der Waals surface area (Å²) >= 11 is 0. The SMILES string of the molecule is COc1ccc2cc(C3CN(c4nccc(N)n4)CCO3)ccc2c1. The zero-order valence-corrected chi connectivity index (χ0v) is 14.1. The second-order valence-electron chi connectivity index (χ2n) is 6.06. The van der Waals surface area contributed by atoms with Crippen molar-refractivity contribution >= 4 is 22.5 Å². The highest BCUT2D eigenvalue weighted by molar-refractivity contribution is 5.84. The fraction of sp³-hybridized carbons (Fsp3) is 0.263. The van der Waals surface area contributed by atoms with Crippen molar-refractivity contribution in [3.63, 3.8) is 0 Å². The van der Waals surface area contributed by atoms with Crippen LogP contribution in [0.5, 0.6) is 5.75 Å². The summed E-state index contributed by atoms with van der Waals surface area (Å²) in [4.78, 5) is 10.8. The smallest absolute Gasteiger partial charge is 0.227 e. The minimum Gasteiger partial charge on any atom is -0.497 e. The van der Waals surface area contributed by atoms with Crippen LogP contribution in [0, 0.1) is 0 Å². The molecule has 1 fully saturated rings. The third kappa shape index (κ3) is 3.21. The number of ether oxygens (including phenoxy) is 2. The Bertz CT molecular complexity index is 899. The third-order valence-electron chi connectivity index (χ3n) is 4.46. The molecule has 0 spiro atoms. The average Bonchev–Trinajstić information content (AvgIpc) is 2.67. The predicted molar refractivity (Wildman–Crippen MR) is 97.9 cm³/mol. The molecule has 0 amide bonds. The molecule has 2 heterocycles. The van der Waals surface area contributed by atoms with E-state index in [1.165, 1.54) is 5.39 Å². The number of hydrogen-bond donors (Lipinski definition) is 1. The van der Waals surface area contributed by atoms with Crippen LogP contribution in [-0.4, -0.2) is 36.8 Å². The lowest BCUT2D eigenvalue weighted by Gasteiger charge is -2.33. The van der Waals surface area contributed by atoms with Crippen LogP contribution in [0.25, 0.3) is 10.8 Å². The van der Waals surface area contributed by atoms with E-state index in [9.17, 15) is 0 Å². The zero-order chi connectivity index (χ0) is 17.2. The van der Waals surface area contributed by atoms with Crippen LogP contribution in [0.4, 0.5) is 11.8 Å². The van der Waals surface area contributed by atoms with Crippen LogP contribution in [0.2, 0.25) is 0 Å². The molecule has 1 unspecified atom stereocenters. The van der Waals surface area contributed by atoms with Gasteiger partial charge in [0.15, 0.2) is 0 Å². The monoisotopic (exact) mass is 336 g/mol. The Kier molecular flexibility index (Phi) is 4.11. The van der Waals surface area contributed by atoms with Gasteiger partial charge in [0.1, 0.15) is 17.7 Å². The maximum Gasteiger partial charge on any atom is 0.227 e. The van der Waals surface area contributed by atoms with E-state index in [1.54, 1.807) is 19.4 Å². The number of hydrogen-bond acceptors (Lipinski definition) is 6. The maximum absolute atomic E-state index is 5.99. The lowest BCUT2D eigenvalue weighted by Crippen LogP contribution is -2.39. The first-order chi connectivity index (χ1) is 12.2. The van der Waals surface area contributed by atoms with Crippen molar-refractivity contribution in [1.82, 2.24) is 9.97 Å². The van der Waals surface area contributed by atoms with Gasteiger partial charge >= 0.3 is 0 Å².